The van der Waals surface area contributed by atoms with Crippen LogP contribution in [0.1, 0.15) is 18.9 Å². The van der Waals surface area contributed by atoms with Gasteiger partial charge in [0.05, 0.1) is 0 Å². The molecule has 0 aromatic heterocycles. The first-order valence-corrected chi connectivity index (χ1v) is 6.37. The lowest BCUT2D eigenvalue weighted by atomic mass is 10.1. The van der Waals surface area contributed by atoms with Crippen molar-refractivity contribution < 1.29 is 9.47 Å². The van der Waals surface area contributed by atoms with Crippen molar-refractivity contribution >= 4 is 5.69 Å². The fourth-order valence-electron chi connectivity index (χ4n) is 2.41. The maximum atomic E-state index is 5.39. The highest BCUT2D eigenvalue weighted by molar-refractivity contribution is 5.60. The summed E-state index contributed by atoms with van der Waals surface area (Å²) in [6.07, 6.45) is 1.14. The highest BCUT2D eigenvalue weighted by Crippen LogP contribution is 2.36. The van der Waals surface area contributed by atoms with Gasteiger partial charge in [-0.25, -0.2) is 0 Å². The van der Waals surface area contributed by atoms with Gasteiger partial charge in [-0.05, 0) is 31.9 Å². The Labute approximate surface area is 107 Å². The molecule has 5 nitrogen and oxygen atoms in total. The first kappa shape index (κ1) is 11.6. The minimum atomic E-state index is 0.323. The predicted octanol–water partition coefficient (Wildman–Crippen LogP) is 1.39. The lowest BCUT2D eigenvalue weighted by Gasteiger charge is -2.14. The highest BCUT2D eigenvalue weighted by Gasteiger charge is 2.20. The monoisotopic (exact) mass is 249 g/mol. The van der Waals surface area contributed by atoms with Crippen LogP contribution in [0, 0.1) is 6.92 Å². The maximum Gasteiger partial charge on any atom is 0.231 e. The number of anilines is 1. The van der Waals surface area contributed by atoms with Crippen LogP contribution < -0.4 is 25.6 Å². The van der Waals surface area contributed by atoms with Crippen LogP contribution in [0.4, 0.5) is 5.69 Å². The van der Waals surface area contributed by atoms with Gasteiger partial charge < -0.3 is 14.8 Å². The van der Waals surface area contributed by atoms with Gasteiger partial charge in [-0.3, -0.25) is 10.9 Å². The predicted molar refractivity (Wildman–Crippen MR) is 69.9 cm³/mol. The van der Waals surface area contributed by atoms with Gasteiger partial charge in [0, 0.05) is 30.4 Å². The Balaban J connectivity index is 1.66. The number of aryl methyl sites for hydroxylation is 1. The number of hydrazine groups is 1. The molecule has 18 heavy (non-hydrogen) atoms. The Morgan fingerprint density at radius 3 is 2.78 bits per heavy atom. The second-order valence-corrected chi connectivity index (χ2v) is 5.02. The molecule has 0 saturated carbocycles. The molecule has 0 aliphatic carbocycles. The summed E-state index contributed by atoms with van der Waals surface area (Å²) in [7, 11) is 0. The number of rotatable bonds is 3. The Kier molecular flexibility index (Phi) is 3.01. The average Bonchev–Trinajstić information content (AvgIpc) is 2.94. The minimum Gasteiger partial charge on any atom is -0.454 e. The molecule has 0 spiro atoms. The standard InChI is InChI=1S/C13H19N3O2/c1-8-3-12-13(18-7-17-12)5-11(8)14-6-10-4-9(2)15-16-10/h3,5,9-10,14-16H,4,6-7H2,1-2H3. The van der Waals surface area contributed by atoms with Crippen molar-refractivity contribution in [1.82, 2.24) is 10.9 Å². The lowest BCUT2D eigenvalue weighted by Crippen LogP contribution is -2.36. The van der Waals surface area contributed by atoms with E-state index in [2.05, 4.69) is 30.0 Å². The first-order chi connectivity index (χ1) is 8.72. The van der Waals surface area contributed by atoms with E-state index in [4.69, 9.17) is 9.47 Å². The van der Waals surface area contributed by atoms with Crippen LogP contribution in [0.5, 0.6) is 11.5 Å². The van der Waals surface area contributed by atoms with Gasteiger partial charge in [-0.15, -0.1) is 0 Å². The molecule has 0 bridgehead atoms. The molecule has 3 rings (SSSR count). The Hall–Kier alpha value is -1.46. The maximum absolute atomic E-state index is 5.39. The molecule has 1 saturated heterocycles. The summed E-state index contributed by atoms with van der Waals surface area (Å²) in [6, 6.07) is 5.04. The number of fused-ring (bicyclic) bond motifs is 1. The summed E-state index contributed by atoms with van der Waals surface area (Å²) in [5, 5.41) is 3.47. The zero-order valence-electron chi connectivity index (χ0n) is 10.7. The fraction of sp³-hybridized carbons (Fsp3) is 0.538. The second kappa shape index (κ2) is 4.66. The van der Waals surface area contributed by atoms with Gasteiger partial charge in [-0.2, -0.15) is 0 Å². The van der Waals surface area contributed by atoms with Crippen molar-refractivity contribution in [3.05, 3.63) is 17.7 Å². The van der Waals surface area contributed by atoms with E-state index in [-0.39, 0.29) is 0 Å². The number of benzene rings is 1. The number of hydrogen-bond donors (Lipinski definition) is 3. The third-order valence-corrected chi connectivity index (χ3v) is 3.43. The van der Waals surface area contributed by atoms with Crippen molar-refractivity contribution in [2.24, 2.45) is 0 Å². The molecule has 2 heterocycles. The van der Waals surface area contributed by atoms with Crippen molar-refractivity contribution in [1.29, 1.82) is 0 Å². The van der Waals surface area contributed by atoms with Gasteiger partial charge in [0.2, 0.25) is 6.79 Å². The van der Waals surface area contributed by atoms with Gasteiger partial charge in [0.1, 0.15) is 0 Å². The number of hydrogen-bond acceptors (Lipinski definition) is 5. The molecule has 3 N–H and O–H groups in total. The third kappa shape index (κ3) is 2.23. The zero-order valence-corrected chi connectivity index (χ0v) is 10.7. The van der Waals surface area contributed by atoms with Crippen LogP contribution in [0.2, 0.25) is 0 Å². The average molecular weight is 249 g/mol. The van der Waals surface area contributed by atoms with Crippen molar-refractivity contribution in [2.45, 2.75) is 32.4 Å². The molecule has 2 aliphatic rings. The summed E-state index contributed by atoms with van der Waals surface area (Å²) in [5.41, 5.74) is 8.80. The molecule has 0 amide bonds. The second-order valence-electron chi connectivity index (χ2n) is 5.02. The van der Waals surface area contributed by atoms with Gasteiger partial charge in [0.25, 0.3) is 0 Å². The highest BCUT2D eigenvalue weighted by atomic mass is 16.7. The van der Waals surface area contributed by atoms with E-state index >= 15 is 0 Å². The quantitative estimate of drug-likeness (QED) is 0.756. The molecule has 0 radical (unpaired) electrons. The van der Waals surface area contributed by atoms with Gasteiger partial charge in [0.15, 0.2) is 11.5 Å². The molecule has 5 heteroatoms. The summed E-state index contributed by atoms with van der Waals surface area (Å²) < 4.78 is 10.7. The molecule has 1 fully saturated rings. The van der Waals surface area contributed by atoms with Crippen LogP contribution in [0.25, 0.3) is 0 Å². The van der Waals surface area contributed by atoms with Gasteiger partial charge >= 0.3 is 0 Å². The largest absolute Gasteiger partial charge is 0.454 e. The van der Waals surface area contributed by atoms with E-state index in [0.717, 1.165) is 30.2 Å². The molecular formula is C13H19N3O2. The number of ether oxygens (including phenoxy) is 2. The Bertz CT molecular complexity index is 450. The summed E-state index contributed by atoms with van der Waals surface area (Å²) in [4.78, 5) is 0. The topological polar surface area (TPSA) is 54.5 Å². The smallest absolute Gasteiger partial charge is 0.231 e. The molecule has 2 unspecified atom stereocenters. The SMILES string of the molecule is Cc1cc2c(cc1NCC1CC(C)NN1)OCO2. The minimum absolute atomic E-state index is 0.323. The van der Waals surface area contributed by atoms with Crippen LogP contribution in [0.15, 0.2) is 12.1 Å². The van der Waals surface area contributed by atoms with Crippen molar-refractivity contribution in [3.63, 3.8) is 0 Å². The van der Waals surface area contributed by atoms with Crippen LogP contribution >= 0.6 is 0 Å². The van der Waals surface area contributed by atoms with E-state index in [0.29, 0.717) is 18.9 Å². The van der Waals surface area contributed by atoms with Crippen molar-refractivity contribution in [3.8, 4) is 11.5 Å². The summed E-state index contributed by atoms with van der Waals surface area (Å²) in [6.45, 7) is 5.48. The van der Waals surface area contributed by atoms with Crippen molar-refractivity contribution in [2.75, 3.05) is 18.7 Å². The van der Waals surface area contributed by atoms with E-state index in [1.165, 1.54) is 5.56 Å². The molecule has 2 aliphatic heterocycles. The first-order valence-electron chi connectivity index (χ1n) is 6.37. The van der Waals surface area contributed by atoms with E-state index in [1.807, 2.05) is 12.1 Å². The van der Waals surface area contributed by atoms with E-state index in [9.17, 15) is 0 Å². The normalized spacial score (nSPS) is 25.4. The fourth-order valence-corrected chi connectivity index (χ4v) is 2.41. The molecule has 1 aromatic rings. The zero-order chi connectivity index (χ0) is 12.5. The Morgan fingerprint density at radius 1 is 1.28 bits per heavy atom. The molecule has 1 aromatic carbocycles. The number of nitrogens with one attached hydrogen (secondary N) is 3. The van der Waals surface area contributed by atoms with Gasteiger partial charge in [-0.1, -0.05) is 0 Å². The van der Waals surface area contributed by atoms with Crippen LogP contribution in [-0.4, -0.2) is 25.4 Å². The van der Waals surface area contributed by atoms with E-state index < -0.39 is 0 Å². The Morgan fingerprint density at radius 2 is 2.06 bits per heavy atom. The molecule has 2 atom stereocenters. The van der Waals surface area contributed by atoms with E-state index in [1.54, 1.807) is 0 Å². The lowest BCUT2D eigenvalue weighted by molar-refractivity contribution is 0.174. The summed E-state index contributed by atoms with van der Waals surface area (Å²) in [5.74, 6) is 1.67. The molecule has 98 valence electrons. The summed E-state index contributed by atoms with van der Waals surface area (Å²) >= 11 is 0. The van der Waals surface area contributed by atoms with Crippen LogP contribution in [-0.2, 0) is 0 Å². The third-order valence-electron chi connectivity index (χ3n) is 3.43. The molecular weight excluding hydrogens is 230 g/mol. The van der Waals surface area contributed by atoms with Crippen LogP contribution in [0.3, 0.4) is 0 Å².